The first-order valence-electron chi connectivity index (χ1n) is 5.76. The second-order valence-electron chi connectivity index (χ2n) is 4.19. The zero-order chi connectivity index (χ0) is 12.1. The van der Waals surface area contributed by atoms with Gasteiger partial charge in [-0.05, 0) is 40.9 Å². The second kappa shape index (κ2) is 5.99. The van der Waals surface area contributed by atoms with Crippen LogP contribution in [0.1, 0.15) is 12.8 Å². The van der Waals surface area contributed by atoms with E-state index < -0.39 is 0 Å². The van der Waals surface area contributed by atoms with E-state index in [4.69, 9.17) is 5.26 Å². The Balaban J connectivity index is 1.86. The van der Waals surface area contributed by atoms with E-state index >= 15 is 0 Å². The molecule has 1 saturated heterocycles. The van der Waals surface area contributed by atoms with Gasteiger partial charge in [0.2, 0.25) is 0 Å². The number of likely N-dealkylation sites (tertiary alicyclic amines) is 1. The smallest absolute Gasteiger partial charge is 0.140 e. The maximum absolute atomic E-state index is 8.63. The molecule has 0 spiro atoms. The Hall–Kier alpha value is -1.12. The highest BCUT2D eigenvalue weighted by molar-refractivity contribution is 9.10. The second-order valence-corrected chi connectivity index (χ2v) is 5.04. The molecule has 0 atom stereocenters. The third-order valence-corrected chi connectivity index (χ3v) is 3.62. The van der Waals surface area contributed by atoms with E-state index in [1.807, 2.05) is 12.1 Å². The number of pyridine rings is 1. The first-order chi connectivity index (χ1) is 8.29. The highest BCUT2D eigenvalue weighted by Gasteiger charge is 2.19. The van der Waals surface area contributed by atoms with Crippen molar-refractivity contribution < 1.29 is 0 Å². The van der Waals surface area contributed by atoms with Crippen LogP contribution in [0.4, 0.5) is 5.82 Å². The molecule has 0 radical (unpaired) electrons. The Morgan fingerprint density at radius 1 is 1.53 bits per heavy atom. The summed E-state index contributed by atoms with van der Waals surface area (Å²) in [5.41, 5.74) is 0. The summed E-state index contributed by atoms with van der Waals surface area (Å²) in [5, 5.41) is 12.1. The fourth-order valence-electron chi connectivity index (χ4n) is 2.02. The molecule has 5 heteroatoms. The van der Waals surface area contributed by atoms with Crippen molar-refractivity contribution in [1.29, 1.82) is 5.26 Å². The van der Waals surface area contributed by atoms with Crippen LogP contribution in [0.25, 0.3) is 0 Å². The number of nitrogens with zero attached hydrogens (tertiary/aromatic N) is 3. The van der Waals surface area contributed by atoms with Crippen molar-refractivity contribution in [2.45, 2.75) is 18.9 Å². The first kappa shape index (κ1) is 12.3. The molecule has 90 valence electrons. The van der Waals surface area contributed by atoms with Gasteiger partial charge in [-0.2, -0.15) is 5.26 Å². The fourth-order valence-corrected chi connectivity index (χ4v) is 2.39. The Bertz CT molecular complexity index is 407. The van der Waals surface area contributed by atoms with Gasteiger partial charge in [0.15, 0.2) is 0 Å². The van der Waals surface area contributed by atoms with Gasteiger partial charge in [-0.1, -0.05) is 0 Å². The predicted octanol–water partition coefficient (Wildman–Crippen LogP) is 2.24. The maximum Gasteiger partial charge on any atom is 0.140 e. The van der Waals surface area contributed by atoms with E-state index in [1.54, 1.807) is 6.20 Å². The van der Waals surface area contributed by atoms with Gasteiger partial charge in [-0.25, -0.2) is 4.98 Å². The van der Waals surface area contributed by atoms with E-state index in [0.717, 1.165) is 36.2 Å². The molecular weight excluding hydrogens is 280 g/mol. The number of hydrogen-bond donors (Lipinski definition) is 1. The normalized spacial score (nSPS) is 17.6. The van der Waals surface area contributed by atoms with E-state index in [0.29, 0.717) is 12.6 Å². The number of nitriles is 1. The molecule has 0 aromatic carbocycles. The monoisotopic (exact) mass is 294 g/mol. The summed E-state index contributed by atoms with van der Waals surface area (Å²) in [6.07, 6.45) is 3.91. The van der Waals surface area contributed by atoms with Gasteiger partial charge in [-0.15, -0.1) is 0 Å². The molecule has 1 aromatic rings. The van der Waals surface area contributed by atoms with Crippen LogP contribution in [-0.2, 0) is 0 Å². The molecule has 0 amide bonds. The molecule has 2 heterocycles. The Morgan fingerprint density at radius 3 is 2.94 bits per heavy atom. The SMILES string of the molecule is N#CCN1CCC(Nc2ncccc2Br)CC1. The Morgan fingerprint density at radius 2 is 2.29 bits per heavy atom. The molecule has 0 bridgehead atoms. The van der Waals surface area contributed by atoms with Crippen LogP contribution in [0.2, 0.25) is 0 Å². The number of nitrogens with one attached hydrogen (secondary N) is 1. The van der Waals surface area contributed by atoms with Crippen molar-refractivity contribution in [3.63, 3.8) is 0 Å². The van der Waals surface area contributed by atoms with E-state index in [1.165, 1.54) is 0 Å². The van der Waals surface area contributed by atoms with Crippen LogP contribution in [0.3, 0.4) is 0 Å². The molecule has 4 nitrogen and oxygen atoms in total. The number of halogens is 1. The van der Waals surface area contributed by atoms with Gasteiger partial charge in [0.05, 0.1) is 17.1 Å². The summed E-state index contributed by atoms with van der Waals surface area (Å²) in [7, 11) is 0. The molecule has 1 N–H and O–H groups in total. The topological polar surface area (TPSA) is 52.0 Å². The summed E-state index contributed by atoms with van der Waals surface area (Å²) in [6, 6.07) is 6.55. The van der Waals surface area contributed by atoms with Crippen LogP contribution in [-0.4, -0.2) is 35.6 Å². The van der Waals surface area contributed by atoms with Crippen molar-refractivity contribution >= 4 is 21.7 Å². The Labute approximate surface area is 110 Å². The summed E-state index contributed by atoms with van der Waals surface area (Å²) < 4.78 is 0.999. The first-order valence-corrected chi connectivity index (χ1v) is 6.55. The number of anilines is 1. The van der Waals surface area contributed by atoms with Gasteiger partial charge in [-0.3, -0.25) is 4.90 Å². The maximum atomic E-state index is 8.63. The molecule has 1 aromatic heterocycles. The van der Waals surface area contributed by atoms with Crippen molar-refractivity contribution in [3.05, 3.63) is 22.8 Å². The lowest BCUT2D eigenvalue weighted by Crippen LogP contribution is -2.39. The molecule has 0 aliphatic carbocycles. The largest absolute Gasteiger partial charge is 0.366 e. The minimum Gasteiger partial charge on any atom is -0.366 e. The summed E-state index contributed by atoms with van der Waals surface area (Å²) in [4.78, 5) is 6.49. The van der Waals surface area contributed by atoms with Crippen LogP contribution in [0.15, 0.2) is 22.8 Å². The average molecular weight is 295 g/mol. The summed E-state index contributed by atoms with van der Waals surface area (Å²) >= 11 is 3.48. The average Bonchev–Trinajstić information content (AvgIpc) is 2.35. The lowest BCUT2D eigenvalue weighted by molar-refractivity contribution is 0.242. The summed E-state index contributed by atoms with van der Waals surface area (Å²) in [6.45, 7) is 2.51. The summed E-state index contributed by atoms with van der Waals surface area (Å²) in [5.74, 6) is 0.909. The zero-order valence-corrected chi connectivity index (χ0v) is 11.2. The minimum atomic E-state index is 0.455. The van der Waals surface area contributed by atoms with Gasteiger partial charge in [0.25, 0.3) is 0 Å². The number of aromatic nitrogens is 1. The number of piperidine rings is 1. The van der Waals surface area contributed by atoms with E-state index in [9.17, 15) is 0 Å². The van der Waals surface area contributed by atoms with Crippen LogP contribution in [0.5, 0.6) is 0 Å². The van der Waals surface area contributed by atoms with E-state index in [2.05, 4.69) is 37.2 Å². The van der Waals surface area contributed by atoms with Crippen molar-refractivity contribution in [3.8, 4) is 6.07 Å². The quantitative estimate of drug-likeness (QED) is 0.869. The Kier molecular flexibility index (Phi) is 4.35. The predicted molar refractivity (Wildman–Crippen MR) is 70.6 cm³/mol. The van der Waals surface area contributed by atoms with Gasteiger partial charge in [0, 0.05) is 25.3 Å². The molecule has 17 heavy (non-hydrogen) atoms. The van der Waals surface area contributed by atoms with Crippen molar-refractivity contribution in [2.24, 2.45) is 0 Å². The van der Waals surface area contributed by atoms with Crippen LogP contribution < -0.4 is 5.32 Å². The van der Waals surface area contributed by atoms with Crippen LogP contribution in [0, 0.1) is 11.3 Å². The van der Waals surface area contributed by atoms with Crippen molar-refractivity contribution in [1.82, 2.24) is 9.88 Å². The lowest BCUT2D eigenvalue weighted by Gasteiger charge is -2.31. The third kappa shape index (κ3) is 3.42. The highest BCUT2D eigenvalue weighted by atomic mass is 79.9. The highest BCUT2D eigenvalue weighted by Crippen LogP contribution is 2.21. The molecule has 1 aliphatic heterocycles. The molecule has 0 unspecified atom stereocenters. The van der Waals surface area contributed by atoms with E-state index in [-0.39, 0.29) is 0 Å². The van der Waals surface area contributed by atoms with Crippen molar-refractivity contribution in [2.75, 3.05) is 25.0 Å². The molecular formula is C12H15BrN4. The molecule has 2 rings (SSSR count). The minimum absolute atomic E-state index is 0.455. The number of rotatable bonds is 3. The lowest BCUT2D eigenvalue weighted by atomic mass is 10.1. The molecule has 0 saturated carbocycles. The zero-order valence-electron chi connectivity index (χ0n) is 9.56. The van der Waals surface area contributed by atoms with Gasteiger partial charge < -0.3 is 5.32 Å². The fraction of sp³-hybridized carbons (Fsp3) is 0.500. The van der Waals surface area contributed by atoms with Gasteiger partial charge in [0.1, 0.15) is 5.82 Å². The van der Waals surface area contributed by atoms with Crippen LogP contribution >= 0.6 is 15.9 Å². The number of hydrogen-bond acceptors (Lipinski definition) is 4. The standard InChI is InChI=1S/C12H15BrN4/c13-11-2-1-6-15-12(11)16-10-3-7-17(8-4-10)9-5-14/h1-2,6,10H,3-4,7-9H2,(H,15,16). The third-order valence-electron chi connectivity index (χ3n) is 2.98. The molecule has 1 aliphatic rings. The molecule has 1 fully saturated rings. The van der Waals surface area contributed by atoms with Gasteiger partial charge >= 0.3 is 0 Å².